The van der Waals surface area contributed by atoms with Crippen LogP contribution < -0.4 is 25.7 Å². The molecule has 0 spiro atoms. The number of carbonyl (C=O) groups is 1. The average Bonchev–Trinajstić information content (AvgIpc) is 2.80. The summed E-state index contributed by atoms with van der Waals surface area (Å²) in [5, 5.41) is 6.87. The molecule has 168 valence electrons. The van der Waals surface area contributed by atoms with Gasteiger partial charge in [0.05, 0.1) is 13.2 Å². The third kappa shape index (κ3) is 4.62. The zero-order chi connectivity index (χ0) is 22.7. The van der Waals surface area contributed by atoms with Gasteiger partial charge in [0.25, 0.3) is 5.91 Å². The average molecular weight is 437 g/mol. The second-order valence-electron chi connectivity index (χ2n) is 8.21. The summed E-state index contributed by atoms with van der Waals surface area (Å²) in [6, 6.07) is 13.0. The molecular formula is C25H28N2O5. The summed E-state index contributed by atoms with van der Waals surface area (Å²) in [4.78, 5) is 25.4. The van der Waals surface area contributed by atoms with Crippen LogP contribution in [0.5, 0.6) is 11.5 Å². The van der Waals surface area contributed by atoms with Gasteiger partial charge in [0.15, 0.2) is 11.3 Å². The Bertz CT molecular complexity index is 1160. The van der Waals surface area contributed by atoms with Crippen molar-refractivity contribution in [1.29, 1.82) is 0 Å². The number of amides is 1. The number of nitrogens with one attached hydrogen (secondary N) is 2. The van der Waals surface area contributed by atoms with Crippen LogP contribution in [0.4, 0.5) is 5.69 Å². The Kier molecular flexibility index (Phi) is 6.46. The van der Waals surface area contributed by atoms with Gasteiger partial charge in [-0.1, -0.05) is 18.6 Å². The summed E-state index contributed by atoms with van der Waals surface area (Å²) >= 11 is 0. The van der Waals surface area contributed by atoms with E-state index in [-0.39, 0.29) is 17.3 Å². The Hall–Kier alpha value is -3.32. The van der Waals surface area contributed by atoms with Gasteiger partial charge in [0.1, 0.15) is 5.56 Å². The second-order valence-corrected chi connectivity index (χ2v) is 8.21. The van der Waals surface area contributed by atoms with Gasteiger partial charge in [-0.3, -0.25) is 4.79 Å². The molecule has 1 aliphatic heterocycles. The summed E-state index contributed by atoms with van der Waals surface area (Å²) < 4.78 is 16.6. The molecular weight excluding hydrogens is 408 g/mol. The minimum absolute atomic E-state index is 0.0730. The Morgan fingerprint density at radius 1 is 1.16 bits per heavy atom. The Morgan fingerprint density at radius 3 is 2.59 bits per heavy atom. The molecule has 1 amide bonds. The van der Waals surface area contributed by atoms with Gasteiger partial charge in [-0.25, -0.2) is 4.79 Å². The standard InChI is InChI=1S/C25H28N2O5/c1-15(2)31-23-21(30-3)12-9-17-14-19(25(29)32-22(17)23)24(28)27-18-10-7-16(8-11-18)20-6-4-5-13-26-20/h7-12,14-15,20,26H,4-6,13H2,1-3H3,(H,27,28). The fourth-order valence-electron chi connectivity index (χ4n) is 3.94. The lowest BCUT2D eigenvalue weighted by Gasteiger charge is -2.24. The van der Waals surface area contributed by atoms with E-state index in [2.05, 4.69) is 10.6 Å². The first-order chi connectivity index (χ1) is 15.5. The molecule has 1 unspecified atom stereocenters. The molecule has 0 saturated carbocycles. The van der Waals surface area contributed by atoms with E-state index >= 15 is 0 Å². The number of piperidine rings is 1. The normalized spacial score (nSPS) is 16.2. The van der Waals surface area contributed by atoms with Crippen LogP contribution in [0, 0.1) is 0 Å². The van der Waals surface area contributed by atoms with Crippen LogP contribution in [0.2, 0.25) is 0 Å². The number of benzene rings is 2. The molecule has 2 N–H and O–H groups in total. The number of hydrogen-bond donors (Lipinski definition) is 2. The number of hydrogen-bond acceptors (Lipinski definition) is 6. The lowest BCUT2D eigenvalue weighted by molar-refractivity contribution is 0.102. The van der Waals surface area contributed by atoms with E-state index in [9.17, 15) is 9.59 Å². The first-order valence-electron chi connectivity index (χ1n) is 10.9. The molecule has 0 radical (unpaired) electrons. The minimum Gasteiger partial charge on any atom is -0.493 e. The van der Waals surface area contributed by atoms with E-state index < -0.39 is 11.5 Å². The molecule has 0 bridgehead atoms. The quantitative estimate of drug-likeness (QED) is 0.547. The maximum absolute atomic E-state index is 12.8. The smallest absolute Gasteiger partial charge is 0.349 e. The highest BCUT2D eigenvalue weighted by molar-refractivity contribution is 6.05. The van der Waals surface area contributed by atoms with Crippen molar-refractivity contribution in [3.05, 3.63) is 64.0 Å². The van der Waals surface area contributed by atoms with Gasteiger partial charge < -0.3 is 24.5 Å². The number of methoxy groups -OCH3 is 1. The molecule has 1 atom stereocenters. The number of carbonyl (C=O) groups excluding carboxylic acids is 1. The maximum atomic E-state index is 12.8. The summed E-state index contributed by atoms with van der Waals surface area (Å²) in [7, 11) is 1.52. The van der Waals surface area contributed by atoms with Gasteiger partial charge in [-0.15, -0.1) is 0 Å². The van der Waals surface area contributed by atoms with Gasteiger partial charge in [0, 0.05) is 17.1 Å². The molecule has 0 aliphatic carbocycles. The third-order valence-electron chi connectivity index (χ3n) is 5.52. The molecule has 4 rings (SSSR count). The van der Waals surface area contributed by atoms with E-state index in [4.69, 9.17) is 13.9 Å². The first-order valence-corrected chi connectivity index (χ1v) is 10.9. The fraction of sp³-hybridized carbons (Fsp3) is 0.360. The van der Waals surface area contributed by atoms with E-state index in [0.29, 0.717) is 28.6 Å². The predicted octanol–water partition coefficient (Wildman–Crippen LogP) is 4.66. The molecule has 7 heteroatoms. The summed E-state index contributed by atoms with van der Waals surface area (Å²) in [6.07, 6.45) is 3.38. The number of fused-ring (bicyclic) bond motifs is 1. The Labute approximate surface area is 186 Å². The van der Waals surface area contributed by atoms with Crippen molar-refractivity contribution in [3.63, 3.8) is 0 Å². The molecule has 3 aromatic rings. The Balaban J connectivity index is 1.58. The molecule has 1 saturated heterocycles. The van der Waals surface area contributed by atoms with Crippen LogP contribution in [-0.4, -0.2) is 25.7 Å². The van der Waals surface area contributed by atoms with Crippen molar-refractivity contribution in [2.45, 2.75) is 45.3 Å². The monoisotopic (exact) mass is 436 g/mol. The zero-order valence-corrected chi connectivity index (χ0v) is 18.6. The highest BCUT2D eigenvalue weighted by Gasteiger charge is 2.20. The molecule has 7 nitrogen and oxygen atoms in total. The molecule has 1 fully saturated rings. The van der Waals surface area contributed by atoms with Gasteiger partial charge in [-0.05, 0) is 69.1 Å². The Morgan fingerprint density at radius 2 is 1.94 bits per heavy atom. The van der Waals surface area contributed by atoms with Crippen molar-refractivity contribution in [1.82, 2.24) is 5.32 Å². The van der Waals surface area contributed by atoms with E-state index in [1.165, 1.54) is 31.6 Å². The molecule has 32 heavy (non-hydrogen) atoms. The summed E-state index contributed by atoms with van der Waals surface area (Å²) in [5.41, 5.74) is 1.26. The van der Waals surface area contributed by atoms with Crippen molar-refractivity contribution in [2.75, 3.05) is 19.0 Å². The van der Waals surface area contributed by atoms with Crippen LogP contribution >= 0.6 is 0 Å². The van der Waals surface area contributed by atoms with Crippen molar-refractivity contribution >= 4 is 22.6 Å². The van der Waals surface area contributed by atoms with Crippen LogP contribution in [-0.2, 0) is 0 Å². The van der Waals surface area contributed by atoms with Crippen LogP contribution in [0.1, 0.15) is 55.1 Å². The zero-order valence-electron chi connectivity index (χ0n) is 18.6. The SMILES string of the molecule is COc1ccc2cc(C(=O)Nc3ccc(C4CCCCN4)cc3)c(=O)oc2c1OC(C)C. The number of ether oxygens (including phenoxy) is 2. The van der Waals surface area contributed by atoms with Crippen molar-refractivity contribution in [2.24, 2.45) is 0 Å². The largest absolute Gasteiger partial charge is 0.493 e. The minimum atomic E-state index is -0.736. The first kappa shape index (κ1) is 21.9. The highest BCUT2D eigenvalue weighted by Crippen LogP contribution is 2.36. The fourth-order valence-corrected chi connectivity index (χ4v) is 3.94. The molecule has 2 heterocycles. The number of anilines is 1. The lowest BCUT2D eigenvalue weighted by Crippen LogP contribution is -2.26. The van der Waals surface area contributed by atoms with Crippen molar-refractivity contribution < 1.29 is 18.7 Å². The highest BCUT2D eigenvalue weighted by atomic mass is 16.5. The van der Waals surface area contributed by atoms with Gasteiger partial charge in [-0.2, -0.15) is 0 Å². The van der Waals surface area contributed by atoms with E-state index in [1.807, 2.05) is 38.1 Å². The van der Waals surface area contributed by atoms with Crippen molar-refractivity contribution in [3.8, 4) is 11.5 Å². The van der Waals surface area contributed by atoms with E-state index in [1.54, 1.807) is 12.1 Å². The molecule has 2 aromatic carbocycles. The number of rotatable bonds is 6. The molecule has 1 aliphatic rings. The van der Waals surface area contributed by atoms with E-state index in [0.717, 1.165) is 13.0 Å². The van der Waals surface area contributed by atoms with Gasteiger partial charge in [0.2, 0.25) is 5.75 Å². The maximum Gasteiger partial charge on any atom is 0.349 e. The van der Waals surface area contributed by atoms with Gasteiger partial charge >= 0.3 is 5.63 Å². The lowest BCUT2D eigenvalue weighted by atomic mass is 9.97. The summed E-state index contributed by atoms with van der Waals surface area (Å²) in [5.74, 6) is 0.279. The molecule has 1 aromatic heterocycles. The van der Waals surface area contributed by atoms with Crippen LogP contribution in [0.3, 0.4) is 0 Å². The van der Waals surface area contributed by atoms with Crippen LogP contribution in [0.25, 0.3) is 11.0 Å². The summed E-state index contributed by atoms with van der Waals surface area (Å²) in [6.45, 7) is 4.76. The third-order valence-corrected chi connectivity index (χ3v) is 5.52. The van der Waals surface area contributed by atoms with Crippen LogP contribution in [0.15, 0.2) is 51.7 Å². The predicted molar refractivity (Wildman–Crippen MR) is 124 cm³/mol. The second kappa shape index (κ2) is 9.44. The topological polar surface area (TPSA) is 89.8 Å².